The number of ether oxygens (including phenoxy) is 1. The summed E-state index contributed by atoms with van der Waals surface area (Å²) in [6, 6.07) is 12.3. The predicted octanol–water partition coefficient (Wildman–Crippen LogP) is 3.51. The number of halogens is 1. The first kappa shape index (κ1) is 17.8. The van der Waals surface area contributed by atoms with Crippen LogP contribution in [0.3, 0.4) is 0 Å². The number of carbonyl (C=O) groups excluding carboxylic acids is 2. The number of hydrogen-bond donors (Lipinski definition) is 1. The molecule has 2 aromatic rings. The average Bonchev–Trinajstić information content (AvgIpc) is 2.55. The van der Waals surface area contributed by atoms with Crippen molar-refractivity contribution in [1.82, 2.24) is 0 Å². The molecule has 0 aliphatic carbocycles. The lowest BCUT2D eigenvalue weighted by molar-refractivity contribution is -0.116. The lowest BCUT2D eigenvalue weighted by atomic mass is 10.1. The van der Waals surface area contributed by atoms with Crippen molar-refractivity contribution in [2.75, 3.05) is 24.4 Å². The van der Waals surface area contributed by atoms with Crippen LogP contribution in [0.1, 0.15) is 12.5 Å². The van der Waals surface area contributed by atoms with Crippen LogP contribution in [-0.4, -0.2) is 26.0 Å². The third kappa shape index (κ3) is 4.49. The number of benzene rings is 2. The van der Waals surface area contributed by atoms with Crippen LogP contribution >= 0.6 is 11.6 Å². The Morgan fingerprint density at radius 1 is 1.17 bits per heavy atom. The van der Waals surface area contributed by atoms with Gasteiger partial charge in [-0.1, -0.05) is 23.7 Å². The minimum Gasteiger partial charge on any atom is -0.495 e. The van der Waals surface area contributed by atoms with Gasteiger partial charge in [0.05, 0.1) is 19.2 Å². The van der Waals surface area contributed by atoms with Gasteiger partial charge in [-0.2, -0.15) is 0 Å². The molecule has 0 saturated carbocycles. The van der Waals surface area contributed by atoms with E-state index in [0.717, 1.165) is 11.3 Å². The molecule has 0 heterocycles. The summed E-state index contributed by atoms with van der Waals surface area (Å²) in [5.74, 6) is 0.322. The second-order valence-electron chi connectivity index (χ2n) is 5.31. The van der Waals surface area contributed by atoms with Crippen LogP contribution in [0.15, 0.2) is 42.5 Å². The predicted molar refractivity (Wildman–Crippen MR) is 95.9 cm³/mol. The zero-order chi connectivity index (χ0) is 17.7. The number of nitrogens with one attached hydrogen (secondary N) is 1. The van der Waals surface area contributed by atoms with E-state index >= 15 is 0 Å². The molecule has 5 nitrogen and oxygen atoms in total. The standard InChI is InChI=1S/C18H19ClN2O3/c1-12(22)21(2)15-7-4-13(5-8-15)10-18(23)20-16-11-14(19)6-9-17(16)24-3/h4-9,11H,10H2,1-3H3,(H,20,23). The van der Waals surface area contributed by atoms with Gasteiger partial charge in [0.2, 0.25) is 11.8 Å². The molecule has 0 saturated heterocycles. The molecule has 0 aliphatic heterocycles. The summed E-state index contributed by atoms with van der Waals surface area (Å²) in [6.45, 7) is 1.50. The fraction of sp³-hybridized carbons (Fsp3) is 0.222. The van der Waals surface area contributed by atoms with Gasteiger partial charge in [-0.15, -0.1) is 0 Å². The van der Waals surface area contributed by atoms with Crippen LogP contribution in [0.2, 0.25) is 5.02 Å². The molecule has 0 radical (unpaired) electrons. The van der Waals surface area contributed by atoms with Gasteiger partial charge in [0, 0.05) is 24.7 Å². The van der Waals surface area contributed by atoms with Crippen LogP contribution in [-0.2, 0) is 16.0 Å². The third-order valence-corrected chi connectivity index (χ3v) is 3.83. The second-order valence-corrected chi connectivity index (χ2v) is 5.75. The van der Waals surface area contributed by atoms with Crippen molar-refractivity contribution in [3.63, 3.8) is 0 Å². The van der Waals surface area contributed by atoms with E-state index in [0.29, 0.717) is 16.5 Å². The number of rotatable bonds is 5. The molecule has 0 atom stereocenters. The van der Waals surface area contributed by atoms with E-state index < -0.39 is 0 Å². The van der Waals surface area contributed by atoms with Crippen LogP contribution in [0.25, 0.3) is 0 Å². The van der Waals surface area contributed by atoms with Crippen molar-refractivity contribution in [3.05, 3.63) is 53.1 Å². The number of methoxy groups -OCH3 is 1. The highest BCUT2D eigenvalue weighted by Crippen LogP contribution is 2.27. The quantitative estimate of drug-likeness (QED) is 0.901. The van der Waals surface area contributed by atoms with Gasteiger partial charge in [0.25, 0.3) is 0 Å². The summed E-state index contributed by atoms with van der Waals surface area (Å²) in [4.78, 5) is 25.1. The van der Waals surface area contributed by atoms with Gasteiger partial charge in [-0.3, -0.25) is 9.59 Å². The Kier molecular flexibility index (Phi) is 5.82. The maximum Gasteiger partial charge on any atom is 0.228 e. The number of anilines is 2. The van der Waals surface area contributed by atoms with Crippen LogP contribution in [0.4, 0.5) is 11.4 Å². The van der Waals surface area contributed by atoms with Crippen molar-refractivity contribution in [1.29, 1.82) is 0 Å². The Morgan fingerprint density at radius 2 is 1.83 bits per heavy atom. The van der Waals surface area contributed by atoms with E-state index in [1.165, 1.54) is 14.0 Å². The van der Waals surface area contributed by atoms with E-state index in [-0.39, 0.29) is 18.2 Å². The molecule has 2 amide bonds. The molecule has 1 N–H and O–H groups in total. The summed E-state index contributed by atoms with van der Waals surface area (Å²) < 4.78 is 5.21. The van der Waals surface area contributed by atoms with Crippen LogP contribution < -0.4 is 15.0 Å². The highest BCUT2D eigenvalue weighted by atomic mass is 35.5. The second kappa shape index (κ2) is 7.84. The van der Waals surface area contributed by atoms with E-state index in [4.69, 9.17) is 16.3 Å². The number of nitrogens with zero attached hydrogens (tertiary/aromatic N) is 1. The zero-order valence-corrected chi connectivity index (χ0v) is 14.6. The molecule has 0 spiro atoms. The SMILES string of the molecule is COc1ccc(Cl)cc1NC(=O)Cc1ccc(N(C)C(C)=O)cc1. The molecule has 2 rings (SSSR count). The van der Waals surface area contributed by atoms with Crippen molar-refractivity contribution in [3.8, 4) is 5.75 Å². The average molecular weight is 347 g/mol. The highest BCUT2D eigenvalue weighted by molar-refractivity contribution is 6.31. The molecule has 0 aromatic heterocycles. The first-order valence-electron chi connectivity index (χ1n) is 7.37. The Morgan fingerprint density at radius 3 is 2.42 bits per heavy atom. The highest BCUT2D eigenvalue weighted by Gasteiger charge is 2.10. The fourth-order valence-corrected chi connectivity index (χ4v) is 2.35. The van der Waals surface area contributed by atoms with Gasteiger partial charge < -0.3 is 15.0 Å². The fourth-order valence-electron chi connectivity index (χ4n) is 2.18. The maximum absolute atomic E-state index is 12.2. The van der Waals surface area contributed by atoms with Gasteiger partial charge in [-0.25, -0.2) is 0 Å². The van der Waals surface area contributed by atoms with Gasteiger partial charge in [-0.05, 0) is 35.9 Å². The molecule has 0 fully saturated rings. The van der Waals surface area contributed by atoms with Gasteiger partial charge >= 0.3 is 0 Å². The molecule has 6 heteroatoms. The van der Waals surface area contributed by atoms with Crippen molar-refractivity contribution < 1.29 is 14.3 Å². The van der Waals surface area contributed by atoms with Gasteiger partial charge in [0.1, 0.15) is 5.75 Å². The van der Waals surface area contributed by atoms with E-state index in [2.05, 4.69) is 5.32 Å². The van der Waals surface area contributed by atoms with E-state index in [1.54, 1.807) is 30.1 Å². The minimum absolute atomic E-state index is 0.0476. The largest absolute Gasteiger partial charge is 0.495 e. The Bertz CT molecular complexity index is 744. The lowest BCUT2D eigenvalue weighted by Gasteiger charge is -2.15. The van der Waals surface area contributed by atoms with E-state index in [9.17, 15) is 9.59 Å². The molecular weight excluding hydrogens is 328 g/mol. The first-order chi connectivity index (χ1) is 11.4. The van der Waals surface area contributed by atoms with Crippen LogP contribution in [0.5, 0.6) is 5.75 Å². The van der Waals surface area contributed by atoms with Crippen LogP contribution in [0, 0.1) is 0 Å². The number of amides is 2. The van der Waals surface area contributed by atoms with Crippen molar-refractivity contribution >= 4 is 34.8 Å². The number of carbonyl (C=O) groups is 2. The summed E-state index contributed by atoms with van der Waals surface area (Å²) in [6.07, 6.45) is 0.208. The smallest absolute Gasteiger partial charge is 0.228 e. The normalized spacial score (nSPS) is 10.2. The van der Waals surface area contributed by atoms with Crippen molar-refractivity contribution in [2.24, 2.45) is 0 Å². The molecular formula is C18H19ClN2O3. The third-order valence-electron chi connectivity index (χ3n) is 3.60. The Balaban J connectivity index is 2.05. The number of hydrogen-bond acceptors (Lipinski definition) is 3. The van der Waals surface area contributed by atoms with Crippen molar-refractivity contribution in [2.45, 2.75) is 13.3 Å². The summed E-state index contributed by atoms with van der Waals surface area (Å²) in [5, 5.41) is 3.31. The first-order valence-corrected chi connectivity index (χ1v) is 7.75. The van der Waals surface area contributed by atoms with E-state index in [1.807, 2.05) is 24.3 Å². The topological polar surface area (TPSA) is 58.6 Å². The summed E-state index contributed by atoms with van der Waals surface area (Å²) in [5.41, 5.74) is 2.15. The Labute approximate surface area is 146 Å². The Hall–Kier alpha value is -2.53. The molecule has 126 valence electrons. The molecule has 0 aliphatic rings. The molecule has 0 unspecified atom stereocenters. The monoisotopic (exact) mass is 346 g/mol. The molecule has 2 aromatic carbocycles. The lowest BCUT2D eigenvalue weighted by Crippen LogP contribution is -2.22. The minimum atomic E-state index is -0.178. The zero-order valence-electron chi connectivity index (χ0n) is 13.8. The summed E-state index contributed by atoms with van der Waals surface area (Å²) in [7, 11) is 3.23. The molecule has 0 bridgehead atoms. The molecule has 24 heavy (non-hydrogen) atoms. The summed E-state index contributed by atoms with van der Waals surface area (Å²) >= 11 is 5.95. The van der Waals surface area contributed by atoms with Gasteiger partial charge in [0.15, 0.2) is 0 Å². The maximum atomic E-state index is 12.2.